The van der Waals surface area contributed by atoms with E-state index in [4.69, 9.17) is 9.47 Å². The molecule has 2 amide bonds. The zero-order valence-corrected chi connectivity index (χ0v) is 30.9. The van der Waals surface area contributed by atoms with E-state index in [9.17, 15) is 14.7 Å². The Bertz CT molecular complexity index is 2200. The average molecular weight is 735 g/mol. The normalized spacial score (nSPS) is 15.9. The van der Waals surface area contributed by atoms with Gasteiger partial charge in [0.1, 0.15) is 11.5 Å². The molecule has 0 radical (unpaired) electrons. The molecule has 3 heterocycles. The topological polar surface area (TPSA) is 87.5 Å². The summed E-state index contributed by atoms with van der Waals surface area (Å²) in [6.07, 6.45) is 0.625. The number of hydrogen-bond acceptors (Lipinski definition) is 6. The van der Waals surface area contributed by atoms with Crippen LogP contribution in [0.25, 0.3) is 11.3 Å². The van der Waals surface area contributed by atoms with Gasteiger partial charge in [-0.1, -0.05) is 36.4 Å². The van der Waals surface area contributed by atoms with Crippen LogP contribution in [-0.2, 0) is 31.3 Å². The predicted octanol–water partition coefficient (Wildman–Crippen LogP) is 7.05. The number of aromatic hydroxyl groups is 1. The van der Waals surface area contributed by atoms with Crippen LogP contribution in [0.3, 0.4) is 0 Å². The minimum absolute atomic E-state index is 0.0160. The van der Waals surface area contributed by atoms with Gasteiger partial charge < -0.3 is 28.9 Å². The molecule has 54 heavy (non-hydrogen) atoms. The first-order valence-electron chi connectivity index (χ1n) is 18.1. The number of phenols is 1. The predicted molar refractivity (Wildman–Crippen MR) is 203 cm³/mol. The van der Waals surface area contributed by atoms with Crippen molar-refractivity contribution in [1.82, 2.24) is 14.4 Å². The molecule has 0 unspecified atom stereocenters. The largest absolute Gasteiger partial charge is 0.508 e. The lowest BCUT2D eigenvalue weighted by atomic mass is 9.92. The standard InChI is InChI=1S/C43H44F2N4O5/c1-27-30(10-7-11-41(27)53-4)24-48(32-12-14-34(50)15-13-32)42(51)35-23-40(46(3)28(35)2)36-21-38(44)39(45)22-37(36)43(52)49-25-31-9-6-5-8-29(31)20-33(49)26-47-16-18-54-19-17-47/h5-15,21-23,33,50H,16-20,24-26H2,1-4H3/t33-/m0/s1. The Kier molecular flexibility index (Phi) is 10.5. The van der Waals surface area contributed by atoms with Gasteiger partial charge in [-0.3, -0.25) is 14.5 Å². The lowest BCUT2D eigenvalue weighted by Crippen LogP contribution is -2.52. The van der Waals surface area contributed by atoms with E-state index in [0.717, 1.165) is 47.5 Å². The van der Waals surface area contributed by atoms with Crippen LogP contribution < -0.4 is 9.64 Å². The molecule has 0 saturated carbocycles. The van der Waals surface area contributed by atoms with Gasteiger partial charge in [-0.15, -0.1) is 0 Å². The number of fused-ring (bicyclic) bond motifs is 1. The van der Waals surface area contributed by atoms with E-state index in [0.29, 0.717) is 61.1 Å². The van der Waals surface area contributed by atoms with Crippen molar-refractivity contribution in [3.05, 3.63) is 136 Å². The molecular weight excluding hydrogens is 690 g/mol. The Balaban J connectivity index is 1.28. The second-order valence-corrected chi connectivity index (χ2v) is 14.0. The Hall–Kier alpha value is -5.52. The van der Waals surface area contributed by atoms with Crippen molar-refractivity contribution < 1.29 is 33.0 Å². The third-order valence-corrected chi connectivity index (χ3v) is 10.9. The Morgan fingerprint density at radius 2 is 1.61 bits per heavy atom. The van der Waals surface area contributed by atoms with Crippen LogP contribution in [0.4, 0.5) is 14.5 Å². The van der Waals surface area contributed by atoms with Crippen LogP contribution in [0, 0.1) is 25.5 Å². The first-order chi connectivity index (χ1) is 26.0. The van der Waals surface area contributed by atoms with Gasteiger partial charge in [-0.05, 0) is 91.1 Å². The molecule has 1 saturated heterocycles. The van der Waals surface area contributed by atoms with Gasteiger partial charge >= 0.3 is 0 Å². The van der Waals surface area contributed by atoms with Crippen LogP contribution in [0.2, 0.25) is 0 Å². The fourth-order valence-corrected chi connectivity index (χ4v) is 7.62. The number of nitrogens with zero attached hydrogens (tertiary/aromatic N) is 4. The van der Waals surface area contributed by atoms with Crippen LogP contribution >= 0.6 is 0 Å². The number of carbonyl (C=O) groups excluding carboxylic acids is 2. The fraction of sp³-hybridized carbons (Fsp3) is 0.302. The molecule has 0 spiro atoms. The number of morpholine rings is 1. The number of ether oxygens (including phenoxy) is 2. The van der Waals surface area contributed by atoms with Gasteiger partial charge in [0.15, 0.2) is 11.6 Å². The number of hydrogen-bond donors (Lipinski definition) is 1. The smallest absolute Gasteiger partial charge is 0.260 e. The number of carbonyl (C=O) groups is 2. The van der Waals surface area contributed by atoms with Gasteiger partial charge in [0.05, 0.1) is 38.0 Å². The molecule has 0 bridgehead atoms. The van der Waals surface area contributed by atoms with E-state index in [1.165, 1.54) is 12.1 Å². The molecule has 0 aliphatic carbocycles. The molecule has 7 rings (SSSR count). The number of rotatable bonds is 9. The number of halogens is 2. The highest BCUT2D eigenvalue weighted by Crippen LogP contribution is 2.35. The third kappa shape index (κ3) is 7.21. The molecular formula is C43H44F2N4O5. The third-order valence-electron chi connectivity index (χ3n) is 10.9. The van der Waals surface area contributed by atoms with Crippen molar-refractivity contribution in [2.75, 3.05) is 44.9 Å². The maximum absolute atomic E-state index is 15.2. The molecule has 280 valence electrons. The monoisotopic (exact) mass is 734 g/mol. The number of phenolic OH excluding ortho intramolecular Hbond substituents is 1. The van der Waals surface area contributed by atoms with Crippen molar-refractivity contribution >= 4 is 17.5 Å². The molecule has 1 N–H and O–H groups in total. The summed E-state index contributed by atoms with van der Waals surface area (Å²) in [5, 5.41) is 10.0. The van der Waals surface area contributed by atoms with Gasteiger partial charge in [0.2, 0.25) is 0 Å². The molecule has 11 heteroatoms. The Labute approximate surface area is 313 Å². The molecule has 5 aromatic rings. The lowest BCUT2D eigenvalue weighted by molar-refractivity contribution is 0.0193. The maximum Gasteiger partial charge on any atom is 0.260 e. The highest BCUT2D eigenvalue weighted by Gasteiger charge is 2.34. The zero-order valence-electron chi connectivity index (χ0n) is 30.9. The van der Waals surface area contributed by atoms with Crippen molar-refractivity contribution in [2.45, 2.75) is 39.4 Å². The molecule has 2 aliphatic heterocycles. The van der Waals surface area contributed by atoms with Gasteiger partial charge in [-0.2, -0.15) is 0 Å². The average Bonchev–Trinajstić information content (AvgIpc) is 3.48. The van der Waals surface area contributed by atoms with E-state index in [1.807, 2.05) is 43.3 Å². The van der Waals surface area contributed by atoms with E-state index in [2.05, 4.69) is 11.0 Å². The van der Waals surface area contributed by atoms with E-state index in [-0.39, 0.29) is 35.4 Å². The summed E-state index contributed by atoms with van der Waals surface area (Å²) in [5.41, 5.74) is 5.93. The Morgan fingerprint density at radius 1 is 0.907 bits per heavy atom. The van der Waals surface area contributed by atoms with Crippen molar-refractivity contribution in [1.29, 1.82) is 0 Å². The SMILES string of the molecule is COc1cccc(CN(C(=O)c2cc(-c3cc(F)c(F)cc3C(=O)N3Cc4ccccc4C[C@H]3CN3CCOCC3)n(C)c2C)c2ccc(O)cc2)c1C. The maximum atomic E-state index is 15.2. The number of benzene rings is 4. The summed E-state index contributed by atoms with van der Waals surface area (Å²) in [6, 6.07) is 23.5. The summed E-state index contributed by atoms with van der Waals surface area (Å²) in [5.74, 6) is -2.25. The van der Waals surface area contributed by atoms with Crippen LogP contribution in [0.15, 0.2) is 84.9 Å². The Morgan fingerprint density at radius 3 is 2.33 bits per heavy atom. The fourth-order valence-electron chi connectivity index (χ4n) is 7.62. The minimum atomic E-state index is -1.13. The number of amides is 2. The van der Waals surface area contributed by atoms with Crippen molar-refractivity contribution in [2.24, 2.45) is 7.05 Å². The second kappa shape index (κ2) is 15.5. The second-order valence-electron chi connectivity index (χ2n) is 14.0. The first-order valence-corrected chi connectivity index (χ1v) is 18.1. The summed E-state index contributed by atoms with van der Waals surface area (Å²) < 4.78 is 43.2. The molecule has 1 aromatic heterocycles. The number of methoxy groups -OCH3 is 1. The summed E-state index contributed by atoms with van der Waals surface area (Å²) in [4.78, 5) is 35.1. The summed E-state index contributed by atoms with van der Waals surface area (Å²) in [6.45, 7) is 7.55. The van der Waals surface area contributed by atoms with E-state index >= 15 is 8.78 Å². The molecule has 4 aromatic carbocycles. The molecule has 1 atom stereocenters. The van der Waals surface area contributed by atoms with Crippen LogP contribution in [0.1, 0.15) is 48.7 Å². The van der Waals surface area contributed by atoms with Crippen molar-refractivity contribution in [3.8, 4) is 22.8 Å². The zero-order chi connectivity index (χ0) is 38.1. The lowest BCUT2D eigenvalue weighted by Gasteiger charge is -2.40. The van der Waals surface area contributed by atoms with Crippen molar-refractivity contribution in [3.63, 3.8) is 0 Å². The number of anilines is 1. The van der Waals surface area contributed by atoms with Gasteiger partial charge in [0, 0.05) is 61.9 Å². The molecule has 9 nitrogen and oxygen atoms in total. The quantitative estimate of drug-likeness (QED) is 0.175. The molecule has 1 fully saturated rings. The van der Waals surface area contributed by atoms with Gasteiger partial charge in [0.25, 0.3) is 11.8 Å². The highest BCUT2D eigenvalue weighted by molar-refractivity contribution is 6.08. The minimum Gasteiger partial charge on any atom is -0.508 e. The van der Waals surface area contributed by atoms with E-state index < -0.39 is 17.5 Å². The highest BCUT2D eigenvalue weighted by atomic mass is 19.2. The summed E-state index contributed by atoms with van der Waals surface area (Å²) >= 11 is 0. The molecule has 2 aliphatic rings. The number of aromatic nitrogens is 1. The van der Waals surface area contributed by atoms with Crippen LogP contribution in [0.5, 0.6) is 11.5 Å². The first kappa shape index (κ1) is 36.8. The van der Waals surface area contributed by atoms with Gasteiger partial charge in [-0.25, -0.2) is 8.78 Å². The van der Waals surface area contributed by atoms with Crippen LogP contribution in [-0.4, -0.2) is 77.3 Å². The summed E-state index contributed by atoms with van der Waals surface area (Å²) in [7, 11) is 3.34. The van der Waals surface area contributed by atoms with E-state index in [1.54, 1.807) is 53.6 Å².